The number of nitrogens with zero attached hydrogens (tertiary/aromatic N) is 2. The highest BCUT2D eigenvalue weighted by Crippen LogP contribution is 2.25. The Labute approximate surface area is 131 Å². The van der Waals surface area contributed by atoms with Crippen molar-refractivity contribution in [1.29, 1.82) is 0 Å². The van der Waals surface area contributed by atoms with Gasteiger partial charge in [0.1, 0.15) is 6.04 Å². The third-order valence-electron chi connectivity index (χ3n) is 4.61. The number of hydrogen-bond donors (Lipinski definition) is 2. The number of amides is 2. The molecule has 126 valence electrons. The summed E-state index contributed by atoms with van der Waals surface area (Å²) < 4.78 is 4.50. The molecule has 2 rings (SSSR count). The van der Waals surface area contributed by atoms with Crippen LogP contribution in [0.25, 0.3) is 0 Å². The molecule has 7 heteroatoms. The molecule has 0 radical (unpaired) electrons. The van der Waals surface area contributed by atoms with E-state index in [1.807, 2.05) is 0 Å². The zero-order chi connectivity index (χ0) is 16.2. The Morgan fingerprint density at radius 3 is 2.36 bits per heavy atom. The Morgan fingerprint density at radius 2 is 1.82 bits per heavy atom. The van der Waals surface area contributed by atoms with Crippen LogP contribution in [0.2, 0.25) is 0 Å². The van der Waals surface area contributed by atoms with E-state index in [-0.39, 0.29) is 5.91 Å². The molecule has 0 bridgehead atoms. The van der Waals surface area contributed by atoms with Gasteiger partial charge >= 0.3 is 6.09 Å². The molecule has 2 amide bonds. The van der Waals surface area contributed by atoms with E-state index in [0.717, 1.165) is 13.1 Å². The average Bonchev–Trinajstić information content (AvgIpc) is 2.99. The summed E-state index contributed by atoms with van der Waals surface area (Å²) in [6, 6.07) is -0.614. The van der Waals surface area contributed by atoms with E-state index < -0.39 is 17.7 Å². The molecule has 2 fully saturated rings. The minimum atomic E-state index is -0.694. The summed E-state index contributed by atoms with van der Waals surface area (Å²) in [5.41, 5.74) is -0.694. The van der Waals surface area contributed by atoms with Crippen LogP contribution in [0, 0.1) is 0 Å². The van der Waals surface area contributed by atoms with Crippen molar-refractivity contribution < 1.29 is 19.4 Å². The van der Waals surface area contributed by atoms with Gasteiger partial charge in [0.05, 0.1) is 12.7 Å². The van der Waals surface area contributed by atoms with Crippen LogP contribution in [-0.4, -0.2) is 78.4 Å². The lowest BCUT2D eigenvalue weighted by molar-refractivity contribution is -0.137. The Hall–Kier alpha value is -1.34. The van der Waals surface area contributed by atoms with Gasteiger partial charge in [0.25, 0.3) is 0 Å². The minimum absolute atomic E-state index is 0.131. The number of carbonyl (C=O) groups is 2. The lowest BCUT2D eigenvalue weighted by atomic mass is 9.90. The molecule has 2 aliphatic heterocycles. The van der Waals surface area contributed by atoms with Crippen molar-refractivity contribution >= 4 is 12.0 Å². The van der Waals surface area contributed by atoms with Gasteiger partial charge in [-0.05, 0) is 45.7 Å². The molecule has 22 heavy (non-hydrogen) atoms. The van der Waals surface area contributed by atoms with Crippen molar-refractivity contribution in [2.24, 2.45) is 0 Å². The molecule has 0 aromatic carbocycles. The number of piperidine rings is 1. The highest BCUT2D eigenvalue weighted by Gasteiger charge is 2.36. The fraction of sp³-hybridized carbons (Fsp3) is 0.867. The van der Waals surface area contributed by atoms with Crippen LogP contribution in [0.4, 0.5) is 4.79 Å². The Morgan fingerprint density at radius 1 is 1.23 bits per heavy atom. The number of carbonyl (C=O) groups excluding carboxylic acids is 2. The van der Waals surface area contributed by atoms with Crippen molar-refractivity contribution in [3.63, 3.8) is 0 Å². The topological polar surface area (TPSA) is 82.1 Å². The van der Waals surface area contributed by atoms with Crippen molar-refractivity contribution in [3.8, 4) is 0 Å². The first-order valence-corrected chi connectivity index (χ1v) is 8.01. The molecular weight excluding hydrogens is 286 g/mol. The number of ether oxygens (including phenoxy) is 1. The van der Waals surface area contributed by atoms with Gasteiger partial charge in [-0.2, -0.15) is 0 Å². The van der Waals surface area contributed by atoms with Crippen molar-refractivity contribution in [3.05, 3.63) is 0 Å². The van der Waals surface area contributed by atoms with Gasteiger partial charge in [0.2, 0.25) is 5.91 Å². The number of aliphatic hydroxyl groups is 1. The van der Waals surface area contributed by atoms with Crippen LogP contribution in [0.5, 0.6) is 0 Å². The van der Waals surface area contributed by atoms with E-state index in [0.29, 0.717) is 32.5 Å². The van der Waals surface area contributed by atoms with E-state index in [4.69, 9.17) is 0 Å². The third kappa shape index (κ3) is 4.33. The molecule has 2 heterocycles. The van der Waals surface area contributed by atoms with Gasteiger partial charge in [-0.15, -0.1) is 0 Å². The maximum Gasteiger partial charge on any atom is 0.407 e. The van der Waals surface area contributed by atoms with Crippen molar-refractivity contribution in [2.45, 2.75) is 44.2 Å². The van der Waals surface area contributed by atoms with Gasteiger partial charge in [0.15, 0.2) is 0 Å². The Balaban J connectivity index is 1.80. The fourth-order valence-corrected chi connectivity index (χ4v) is 3.23. The standard InChI is InChI=1S/C15H27N3O4/c1-12(16-14(20)22-2)13(19)18-9-5-15(21,6-10-18)11-17-7-3-4-8-17/h12,21H,3-11H2,1-2H3,(H,16,20). The van der Waals surface area contributed by atoms with Gasteiger partial charge in [-0.3, -0.25) is 4.79 Å². The molecule has 2 saturated heterocycles. The summed E-state index contributed by atoms with van der Waals surface area (Å²) in [4.78, 5) is 27.4. The largest absolute Gasteiger partial charge is 0.453 e. The first kappa shape index (κ1) is 17.0. The predicted octanol–water partition coefficient (Wildman–Crippen LogP) is 0.180. The van der Waals surface area contributed by atoms with E-state index in [9.17, 15) is 14.7 Å². The van der Waals surface area contributed by atoms with Crippen LogP contribution in [-0.2, 0) is 9.53 Å². The van der Waals surface area contributed by atoms with E-state index in [1.165, 1.54) is 20.0 Å². The first-order valence-electron chi connectivity index (χ1n) is 8.01. The summed E-state index contributed by atoms with van der Waals surface area (Å²) in [5, 5.41) is 13.2. The molecule has 2 aliphatic rings. The molecule has 0 spiro atoms. The van der Waals surface area contributed by atoms with Gasteiger partial charge in [-0.25, -0.2) is 4.79 Å². The number of alkyl carbamates (subject to hydrolysis) is 1. The highest BCUT2D eigenvalue weighted by molar-refractivity contribution is 5.85. The van der Waals surface area contributed by atoms with E-state index in [1.54, 1.807) is 11.8 Å². The molecular formula is C15H27N3O4. The number of likely N-dealkylation sites (tertiary alicyclic amines) is 2. The van der Waals surface area contributed by atoms with Crippen LogP contribution >= 0.6 is 0 Å². The molecule has 0 aromatic heterocycles. The molecule has 7 nitrogen and oxygen atoms in total. The second-order valence-electron chi connectivity index (χ2n) is 6.39. The smallest absolute Gasteiger partial charge is 0.407 e. The van der Waals surface area contributed by atoms with E-state index in [2.05, 4.69) is 15.0 Å². The zero-order valence-corrected chi connectivity index (χ0v) is 13.5. The molecule has 1 unspecified atom stereocenters. The highest BCUT2D eigenvalue weighted by atomic mass is 16.5. The number of methoxy groups -OCH3 is 1. The lowest BCUT2D eigenvalue weighted by Crippen LogP contribution is -2.55. The third-order valence-corrected chi connectivity index (χ3v) is 4.61. The van der Waals surface area contributed by atoms with Crippen molar-refractivity contribution in [2.75, 3.05) is 39.8 Å². The van der Waals surface area contributed by atoms with Gasteiger partial charge in [0, 0.05) is 19.6 Å². The molecule has 0 aromatic rings. The van der Waals surface area contributed by atoms with Gasteiger partial charge < -0.3 is 25.0 Å². The molecule has 0 saturated carbocycles. The summed E-state index contributed by atoms with van der Waals surface area (Å²) >= 11 is 0. The van der Waals surface area contributed by atoms with Crippen LogP contribution in [0.3, 0.4) is 0 Å². The maximum atomic E-state index is 12.3. The maximum absolute atomic E-state index is 12.3. The zero-order valence-electron chi connectivity index (χ0n) is 13.5. The molecule has 1 atom stereocenters. The number of rotatable bonds is 4. The number of hydrogen-bond acceptors (Lipinski definition) is 5. The minimum Gasteiger partial charge on any atom is -0.453 e. The van der Waals surface area contributed by atoms with Crippen LogP contribution in [0.15, 0.2) is 0 Å². The second kappa shape index (κ2) is 7.28. The van der Waals surface area contributed by atoms with Crippen LogP contribution in [0.1, 0.15) is 32.6 Å². The molecule has 2 N–H and O–H groups in total. The monoisotopic (exact) mass is 313 g/mol. The molecule has 0 aliphatic carbocycles. The Bertz CT molecular complexity index is 402. The summed E-state index contributed by atoms with van der Waals surface area (Å²) in [6.45, 7) is 5.51. The van der Waals surface area contributed by atoms with Crippen LogP contribution < -0.4 is 5.32 Å². The SMILES string of the molecule is COC(=O)NC(C)C(=O)N1CCC(O)(CN2CCCC2)CC1. The number of nitrogens with one attached hydrogen (secondary N) is 1. The predicted molar refractivity (Wildman–Crippen MR) is 81.4 cm³/mol. The van der Waals surface area contributed by atoms with Crippen molar-refractivity contribution in [1.82, 2.24) is 15.1 Å². The van der Waals surface area contributed by atoms with Gasteiger partial charge in [-0.1, -0.05) is 0 Å². The Kier molecular flexibility index (Phi) is 5.63. The average molecular weight is 313 g/mol. The second-order valence-corrected chi connectivity index (χ2v) is 6.39. The number of β-amino-alcohol motifs (C(OH)–C–C–N with tert-alkyl or cyclic N) is 1. The summed E-state index contributed by atoms with van der Waals surface area (Å²) in [6.07, 6.45) is 2.97. The summed E-state index contributed by atoms with van der Waals surface area (Å²) in [5.74, 6) is -0.131. The lowest BCUT2D eigenvalue weighted by Gasteiger charge is -2.40. The fourth-order valence-electron chi connectivity index (χ4n) is 3.23. The van der Waals surface area contributed by atoms with E-state index >= 15 is 0 Å². The normalized spacial score (nSPS) is 23.1. The quantitative estimate of drug-likeness (QED) is 0.774. The first-order chi connectivity index (χ1) is 10.4. The summed E-state index contributed by atoms with van der Waals surface area (Å²) in [7, 11) is 1.27.